The van der Waals surface area contributed by atoms with E-state index in [4.69, 9.17) is 0 Å². The number of rotatable bonds is 4. The van der Waals surface area contributed by atoms with Crippen molar-refractivity contribution in [3.8, 4) is 0 Å². The van der Waals surface area contributed by atoms with Crippen LogP contribution in [0.2, 0.25) is 0 Å². The first-order valence-electron chi connectivity index (χ1n) is 3.34. The summed E-state index contributed by atoms with van der Waals surface area (Å²) in [6.45, 7) is 4.54. The van der Waals surface area contributed by atoms with Gasteiger partial charge >= 0.3 is 0 Å². The van der Waals surface area contributed by atoms with E-state index < -0.39 is 0 Å². The molecule has 0 N–H and O–H groups in total. The summed E-state index contributed by atoms with van der Waals surface area (Å²) in [5.74, 6) is 2.30. The van der Waals surface area contributed by atoms with Gasteiger partial charge in [-0.25, -0.2) is 0 Å². The van der Waals surface area contributed by atoms with Crippen molar-refractivity contribution in [2.45, 2.75) is 26.7 Å². The lowest BCUT2D eigenvalue weighted by molar-refractivity contribution is 0.554. The van der Waals surface area contributed by atoms with E-state index in [1.807, 2.05) is 11.8 Å². The predicted molar refractivity (Wildman–Crippen MR) is 42.5 cm³/mol. The summed E-state index contributed by atoms with van der Waals surface area (Å²) in [6.07, 6.45) is 4.87. The van der Waals surface area contributed by atoms with E-state index in [2.05, 4.69) is 20.1 Å². The molecule has 0 nitrogen and oxygen atoms in total. The lowest BCUT2D eigenvalue weighted by Crippen LogP contribution is -1.98. The molecule has 0 atom stereocenters. The molecule has 0 heterocycles. The molecule has 0 fully saturated rings. The van der Waals surface area contributed by atoms with Gasteiger partial charge in [0.1, 0.15) is 0 Å². The van der Waals surface area contributed by atoms with Crippen LogP contribution in [-0.2, 0) is 0 Å². The third-order valence-electron chi connectivity index (χ3n) is 1.56. The molecule has 0 unspecified atom stereocenters. The van der Waals surface area contributed by atoms with Crippen molar-refractivity contribution in [1.82, 2.24) is 0 Å². The standard InChI is InChI=1S/C7H16S/c1-4-7(5-2)6-8-3/h7H,4-6H2,1-3H3. The first-order chi connectivity index (χ1) is 3.85. The first-order valence-corrected chi connectivity index (χ1v) is 4.73. The largest absolute Gasteiger partial charge is 0.165 e. The van der Waals surface area contributed by atoms with Crippen LogP contribution in [0.3, 0.4) is 0 Å². The zero-order valence-electron chi connectivity index (χ0n) is 6.11. The van der Waals surface area contributed by atoms with Crippen LogP contribution in [0.15, 0.2) is 0 Å². The maximum Gasteiger partial charge on any atom is -0.00421 e. The lowest BCUT2D eigenvalue weighted by Gasteiger charge is -2.07. The molecule has 0 spiro atoms. The van der Waals surface area contributed by atoms with Crippen molar-refractivity contribution >= 4 is 11.8 Å². The average Bonchev–Trinajstić information content (AvgIpc) is 1.83. The summed E-state index contributed by atoms with van der Waals surface area (Å²) in [5.41, 5.74) is 0. The molecule has 0 aliphatic rings. The van der Waals surface area contributed by atoms with E-state index in [0.29, 0.717) is 0 Å². The smallest absolute Gasteiger partial charge is 0.00421 e. The van der Waals surface area contributed by atoms with Crippen LogP contribution in [0.25, 0.3) is 0 Å². The predicted octanol–water partition coefficient (Wildman–Crippen LogP) is 2.79. The second-order valence-electron chi connectivity index (χ2n) is 2.14. The normalized spacial score (nSPS) is 10.5. The van der Waals surface area contributed by atoms with E-state index in [-0.39, 0.29) is 0 Å². The Hall–Kier alpha value is 0.350. The summed E-state index contributed by atoms with van der Waals surface area (Å²) in [5, 5.41) is 0. The van der Waals surface area contributed by atoms with Crippen molar-refractivity contribution in [2.75, 3.05) is 12.0 Å². The van der Waals surface area contributed by atoms with E-state index in [0.717, 1.165) is 5.92 Å². The molecule has 0 amide bonds. The highest BCUT2D eigenvalue weighted by Gasteiger charge is 1.99. The maximum absolute atomic E-state index is 2.27. The third kappa shape index (κ3) is 3.36. The van der Waals surface area contributed by atoms with E-state index >= 15 is 0 Å². The van der Waals surface area contributed by atoms with Gasteiger partial charge in [0.15, 0.2) is 0 Å². The van der Waals surface area contributed by atoms with Crippen molar-refractivity contribution in [3.63, 3.8) is 0 Å². The second kappa shape index (κ2) is 5.49. The Labute approximate surface area is 57.1 Å². The fourth-order valence-corrected chi connectivity index (χ4v) is 1.70. The monoisotopic (exact) mass is 132 g/mol. The Morgan fingerprint density at radius 2 is 1.75 bits per heavy atom. The van der Waals surface area contributed by atoms with Crippen LogP contribution in [0, 0.1) is 5.92 Å². The topological polar surface area (TPSA) is 0 Å². The van der Waals surface area contributed by atoms with Crippen LogP contribution in [0.5, 0.6) is 0 Å². The lowest BCUT2D eigenvalue weighted by atomic mass is 10.1. The molecule has 0 saturated carbocycles. The fraction of sp³-hybridized carbons (Fsp3) is 1.00. The molecule has 50 valence electrons. The number of thioether (sulfide) groups is 1. The van der Waals surface area contributed by atoms with Gasteiger partial charge in [-0.15, -0.1) is 0 Å². The Morgan fingerprint density at radius 1 is 1.25 bits per heavy atom. The average molecular weight is 132 g/mol. The Morgan fingerprint density at radius 3 is 1.88 bits per heavy atom. The summed E-state index contributed by atoms with van der Waals surface area (Å²) in [6, 6.07) is 0. The van der Waals surface area contributed by atoms with E-state index in [1.54, 1.807) is 0 Å². The summed E-state index contributed by atoms with van der Waals surface area (Å²) in [7, 11) is 0. The molecule has 0 aromatic rings. The summed E-state index contributed by atoms with van der Waals surface area (Å²) < 4.78 is 0. The van der Waals surface area contributed by atoms with Gasteiger partial charge in [0.25, 0.3) is 0 Å². The van der Waals surface area contributed by atoms with Gasteiger partial charge in [0, 0.05) is 0 Å². The molecular formula is C7H16S. The van der Waals surface area contributed by atoms with Crippen molar-refractivity contribution in [2.24, 2.45) is 5.92 Å². The van der Waals surface area contributed by atoms with Gasteiger partial charge in [-0.1, -0.05) is 26.7 Å². The second-order valence-corrected chi connectivity index (χ2v) is 3.05. The van der Waals surface area contributed by atoms with E-state index in [1.165, 1.54) is 18.6 Å². The molecule has 0 aromatic heterocycles. The Bertz CT molecular complexity index is 39.7. The van der Waals surface area contributed by atoms with Crippen LogP contribution in [-0.4, -0.2) is 12.0 Å². The summed E-state index contributed by atoms with van der Waals surface area (Å²) in [4.78, 5) is 0. The molecule has 0 radical (unpaired) electrons. The maximum atomic E-state index is 2.27. The highest BCUT2D eigenvalue weighted by Crippen LogP contribution is 2.12. The Kier molecular flexibility index (Phi) is 5.73. The van der Waals surface area contributed by atoms with Crippen LogP contribution < -0.4 is 0 Å². The third-order valence-corrected chi connectivity index (χ3v) is 2.36. The van der Waals surface area contributed by atoms with Crippen LogP contribution >= 0.6 is 11.8 Å². The van der Waals surface area contributed by atoms with Crippen molar-refractivity contribution in [3.05, 3.63) is 0 Å². The molecule has 0 aliphatic carbocycles. The zero-order chi connectivity index (χ0) is 6.41. The highest BCUT2D eigenvalue weighted by atomic mass is 32.2. The highest BCUT2D eigenvalue weighted by molar-refractivity contribution is 7.98. The molecular weight excluding hydrogens is 116 g/mol. The SMILES string of the molecule is CCC(CC)CSC. The van der Waals surface area contributed by atoms with Crippen LogP contribution in [0.4, 0.5) is 0 Å². The van der Waals surface area contributed by atoms with Crippen molar-refractivity contribution < 1.29 is 0 Å². The number of hydrogen-bond donors (Lipinski definition) is 0. The van der Waals surface area contributed by atoms with E-state index in [9.17, 15) is 0 Å². The summed E-state index contributed by atoms with van der Waals surface area (Å²) >= 11 is 1.96. The molecule has 0 aliphatic heterocycles. The van der Waals surface area contributed by atoms with Crippen molar-refractivity contribution in [1.29, 1.82) is 0 Å². The molecule has 0 saturated heterocycles. The van der Waals surface area contributed by atoms with Crippen LogP contribution in [0.1, 0.15) is 26.7 Å². The van der Waals surface area contributed by atoms with Gasteiger partial charge in [-0.3, -0.25) is 0 Å². The quantitative estimate of drug-likeness (QED) is 0.567. The minimum atomic E-state index is 0.963. The Balaban J connectivity index is 3.07. The molecule has 0 aromatic carbocycles. The minimum absolute atomic E-state index is 0.963. The minimum Gasteiger partial charge on any atom is -0.165 e. The zero-order valence-corrected chi connectivity index (χ0v) is 6.92. The molecule has 0 bridgehead atoms. The number of hydrogen-bond acceptors (Lipinski definition) is 1. The molecule has 0 rings (SSSR count). The van der Waals surface area contributed by atoms with Gasteiger partial charge in [-0.05, 0) is 17.9 Å². The van der Waals surface area contributed by atoms with Gasteiger partial charge in [-0.2, -0.15) is 11.8 Å². The fourth-order valence-electron chi connectivity index (χ4n) is 0.760. The molecule has 1 heteroatoms. The van der Waals surface area contributed by atoms with Gasteiger partial charge in [0.2, 0.25) is 0 Å². The van der Waals surface area contributed by atoms with Gasteiger partial charge < -0.3 is 0 Å². The van der Waals surface area contributed by atoms with Gasteiger partial charge in [0.05, 0.1) is 0 Å². The first kappa shape index (κ1) is 8.35. The molecule has 8 heavy (non-hydrogen) atoms.